The van der Waals surface area contributed by atoms with Crippen LogP contribution in [-0.2, 0) is 4.79 Å². The molecule has 2 aliphatic heterocycles. The lowest BCUT2D eigenvalue weighted by molar-refractivity contribution is -0.117. The summed E-state index contributed by atoms with van der Waals surface area (Å²) < 4.78 is 0. The van der Waals surface area contributed by atoms with Gasteiger partial charge in [-0.15, -0.1) is 0 Å². The van der Waals surface area contributed by atoms with Crippen molar-refractivity contribution in [2.45, 2.75) is 12.8 Å². The summed E-state index contributed by atoms with van der Waals surface area (Å²) in [7, 11) is 0. The number of nitriles is 1. The summed E-state index contributed by atoms with van der Waals surface area (Å²) in [6.07, 6.45) is 4.21. The zero-order valence-corrected chi connectivity index (χ0v) is 14.1. The molecule has 0 radical (unpaired) electrons. The molecule has 7 heteroatoms. The Morgan fingerprint density at radius 1 is 1.15 bits per heavy atom. The van der Waals surface area contributed by atoms with Crippen molar-refractivity contribution in [3.8, 4) is 6.07 Å². The van der Waals surface area contributed by atoms with Crippen LogP contribution in [0.1, 0.15) is 28.8 Å². The second-order valence-electron chi connectivity index (χ2n) is 6.92. The quantitative estimate of drug-likeness (QED) is 0.823. The number of hydrogen-bond donors (Lipinski definition) is 0. The lowest BCUT2D eigenvalue weighted by Gasteiger charge is -2.24. The molecule has 1 aromatic heterocycles. The first-order valence-electron chi connectivity index (χ1n) is 8.47. The van der Waals surface area contributed by atoms with E-state index in [4.69, 9.17) is 5.26 Å². The van der Waals surface area contributed by atoms with Crippen molar-refractivity contribution in [1.29, 1.82) is 5.26 Å². The van der Waals surface area contributed by atoms with Crippen molar-refractivity contribution in [3.63, 3.8) is 0 Å². The number of amides is 2. The van der Waals surface area contributed by atoms with E-state index in [0.29, 0.717) is 37.2 Å². The molecule has 4 rings (SSSR count). The number of carbonyl (C=O) groups is 2. The minimum atomic E-state index is -0.207. The van der Waals surface area contributed by atoms with E-state index in [1.165, 1.54) is 12.4 Å². The van der Waals surface area contributed by atoms with E-state index in [9.17, 15) is 9.59 Å². The summed E-state index contributed by atoms with van der Waals surface area (Å²) in [5.74, 6) is -0.00404. The SMILES string of the molecule is N#Cc1ccc(N2CC3(CCN(C(=O)c4ccnnc4)C3)CC2=O)cc1. The molecule has 1 atom stereocenters. The van der Waals surface area contributed by atoms with Gasteiger partial charge in [-0.1, -0.05) is 0 Å². The molecule has 26 heavy (non-hydrogen) atoms. The number of benzene rings is 1. The van der Waals surface area contributed by atoms with Gasteiger partial charge in [0.2, 0.25) is 5.91 Å². The molecule has 0 N–H and O–H groups in total. The smallest absolute Gasteiger partial charge is 0.255 e. The zero-order valence-electron chi connectivity index (χ0n) is 14.1. The van der Waals surface area contributed by atoms with Gasteiger partial charge >= 0.3 is 0 Å². The van der Waals surface area contributed by atoms with E-state index in [2.05, 4.69) is 16.3 Å². The van der Waals surface area contributed by atoms with Gasteiger partial charge in [-0.3, -0.25) is 9.59 Å². The van der Waals surface area contributed by atoms with Crippen molar-refractivity contribution in [1.82, 2.24) is 15.1 Å². The third kappa shape index (κ3) is 2.80. The molecule has 2 amide bonds. The van der Waals surface area contributed by atoms with Crippen molar-refractivity contribution in [2.24, 2.45) is 5.41 Å². The molecular weight excluding hydrogens is 330 g/mol. The van der Waals surface area contributed by atoms with Gasteiger partial charge in [0.1, 0.15) is 0 Å². The Kier molecular flexibility index (Phi) is 3.88. The highest BCUT2D eigenvalue weighted by atomic mass is 16.2. The van der Waals surface area contributed by atoms with Crippen LogP contribution < -0.4 is 4.90 Å². The van der Waals surface area contributed by atoms with Crippen LogP contribution in [-0.4, -0.2) is 46.5 Å². The second kappa shape index (κ2) is 6.23. The third-order valence-corrected chi connectivity index (χ3v) is 5.19. The summed E-state index contributed by atoms with van der Waals surface area (Å²) >= 11 is 0. The van der Waals surface area contributed by atoms with E-state index in [1.807, 2.05) is 0 Å². The van der Waals surface area contributed by atoms with E-state index >= 15 is 0 Å². The van der Waals surface area contributed by atoms with Crippen molar-refractivity contribution >= 4 is 17.5 Å². The third-order valence-electron chi connectivity index (χ3n) is 5.19. The predicted octanol–water partition coefficient (Wildman–Crippen LogP) is 1.62. The topological polar surface area (TPSA) is 90.2 Å². The van der Waals surface area contributed by atoms with E-state index < -0.39 is 0 Å². The summed E-state index contributed by atoms with van der Waals surface area (Å²) in [5.41, 5.74) is 1.68. The maximum absolute atomic E-state index is 12.6. The van der Waals surface area contributed by atoms with E-state index in [0.717, 1.165) is 12.1 Å². The normalized spacial score (nSPS) is 22.0. The van der Waals surface area contributed by atoms with Gasteiger partial charge in [-0.2, -0.15) is 15.5 Å². The van der Waals surface area contributed by atoms with Crippen molar-refractivity contribution < 1.29 is 9.59 Å². The highest BCUT2D eigenvalue weighted by Crippen LogP contribution is 2.42. The summed E-state index contributed by atoms with van der Waals surface area (Å²) in [4.78, 5) is 28.8. The fourth-order valence-corrected chi connectivity index (χ4v) is 3.83. The Bertz CT molecular complexity index is 890. The molecule has 1 spiro atoms. The number of carbonyl (C=O) groups excluding carboxylic acids is 2. The second-order valence-corrected chi connectivity index (χ2v) is 6.92. The minimum absolute atomic E-state index is 0.0644. The van der Waals surface area contributed by atoms with Crippen LogP contribution in [0.15, 0.2) is 42.7 Å². The highest BCUT2D eigenvalue weighted by Gasteiger charge is 2.48. The Hall–Kier alpha value is -3.27. The Morgan fingerprint density at radius 3 is 2.65 bits per heavy atom. The standard InChI is InChI=1S/C19H17N5O2/c20-10-14-1-3-16(4-2-14)24-13-19(9-17(24)25)6-8-23(12-19)18(26)15-5-7-21-22-11-15/h1-5,7,11H,6,8-9,12-13H2. The first-order valence-corrected chi connectivity index (χ1v) is 8.47. The van der Waals surface area contributed by atoms with Crippen LogP contribution in [0.25, 0.3) is 0 Å². The summed E-state index contributed by atoms with van der Waals surface area (Å²) in [6, 6.07) is 10.8. The average Bonchev–Trinajstić information content (AvgIpc) is 3.25. The van der Waals surface area contributed by atoms with Gasteiger partial charge in [0.05, 0.1) is 29.6 Å². The lowest BCUT2D eigenvalue weighted by atomic mass is 9.86. The predicted molar refractivity (Wildman–Crippen MR) is 93.1 cm³/mol. The molecule has 2 fully saturated rings. The molecule has 7 nitrogen and oxygen atoms in total. The van der Waals surface area contributed by atoms with Crippen LogP contribution in [0.4, 0.5) is 5.69 Å². The molecule has 1 unspecified atom stereocenters. The number of aromatic nitrogens is 2. The van der Waals surface area contributed by atoms with Crippen LogP contribution in [0, 0.1) is 16.7 Å². The monoisotopic (exact) mass is 347 g/mol. The molecule has 2 aliphatic rings. The molecule has 3 heterocycles. The molecule has 2 saturated heterocycles. The van der Waals surface area contributed by atoms with Crippen LogP contribution in [0.3, 0.4) is 0 Å². The summed E-state index contributed by atoms with van der Waals surface area (Å²) in [5, 5.41) is 16.4. The molecule has 0 aliphatic carbocycles. The number of nitrogens with zero attached hydrogens (tertiary/aromatic N) is 5. The van der Waals surface area contributed by atoms with Gasteiger partial charge in [0, 0.05) is 37.2 Å². The van der Waals surface area contributed by atoms with Crippen LogP contribution in [0.2, 0.25) is 0 Å². The maximum atomic E-state index is 12.6. The van der Waals surface area contributed by atoms with Crippen LogP contribution >= 0.6 is 0 Å². The fourth-order valence-electron chi connectivity index (χ4n) is 3.83. The molecule has 1 aromatic carbocycles. The van der Waals surface area contributed by atoms with Crippen molar-refractivity contribution in [3.05, 3.63) is 53.9 Å². The highest BCUT2D eigenvalue weighted by molar-refractivity contribution is 5.97. The van der Waals surface area contributed by atoms with E-state index in [-0.39, 0.29) is 17.2 Å². The summed E-state index contributed by atoms with van der Waals surface area (Å²) in [6.45, 7) is 1.79. The van der Waals surface area contributed by atoms with Gasteiger partial charge in [-0.25, -0.2) is 0 Å². The Balaban J connectivity index is 1.49. The zero-order chi connectivity index (χ0) is 18.1. The van der Waals surface area contributed by atoms with Gasteiger partial charge in [-0.05, 0) is 36.8 Å². The van der Waals surface area contributed by atoms with Gasteiger partial charge in [0.15, 0.2) is 0 Å². The van der Waals surface area contributed by atoms with Crippen molar-refractivity contribution in [2.75, 3.05) is 24.5 Å². The first kappa shape index (κ1) is 16.2. The van der Waals surface area contributed by atoms with Crippen LogP contribution in [0.5, 0.6) is 0 Å². The van der Waals surface area contributed by atoms with Gasteiger partial charge < -0.3 is 9.80 Å². The van der Waals surface area contributed by atoms with E-state index in [1.54, 1.807) is 40.1 Å². The number of hydrogen-bond acceptors (Lipinski definition) is 5. The Morgan fingerprint density at radius 2 is 1.96 bits per heavy atom. The molecule has 0 bridgehead atoms. The molecule has 130 valence electrons. The fraction of sp³-hybridized carbons (Fsp3) is 0.316. The maximum Gasteiger partial charge on any atom is 0.255 e. The Labute approximate surface area is 150 Å². The number of rotatable bonds is 2. The minimum Gasteiger partial charge on any atom is -0.338 e. The van der Waals surface area contributed by atoms with Gasteiger partial charge in [0.25, 0.3) is 5.91 Å². The average molecular weight is 347 g/mol. The number of likely N-dealkylation sites (tertiary alicyclic amines) is 1. The molecule has 2 aromatic rings. The lowest BCUT2D eigenvalue weighted by Crippen LogP contribution is -2.34. The number of anilines is 1. The largest absolute Gasteiger partial charge is 0.338 e. The molecule has 0 saturated carbocycles. The molecular formula is C19H17N5O2. The first-order chi connectivity index (χ1) is 12.6.